The molecule has 0 atom stereocenters. The van der Waals surface area contributed by atoms with Crippen LogP contribution in [0.15, 0.2) is 48.5 Å². The summed E-state index contributed by atoms with van der Waals surface area (Å²) in [7, 11) is 0. The molecule has 2 N–H and O–H groups in total. The molecule has 0 bridgehead atoms. The zero-order valence-electron chi connectivity index (χ0n) is 11.2. The molecule has 2 rings (SSSR count). The van der Waals surface area contributed by atoms with Gasteiger partial charge in [-0.05, 0) is 24.1 Å². The highest BCUT2D eigenvalue weighted by atomic mass is 32.1. The molecule has 0 aliphatic rings. The summed E-state index contributed by atoms with van der Waals surface area (Å²) in [5.41, 5.74) is 1.09. The molecule has 0 aliphatic heterocycles. The summed E-state index contributed by atoms with van der Waals surface area (Å²) in [6.45, 7) is 0.413. The average Bonchev–Trinajstić information content (AvgIpc) is 2.50. The summed E-state index contributed by atoms with van der Waals surface area (Å²) in [6, 6.07) is 13.1. The minimum atomic E-state index is -0.802. The zero-order valence-corrected chi connectivity index (χ0v) is 12.1. The van der Waals surface area contributed by atoms with Gasteiger partial charge >= 0.3 is 6.03 Å². The van der Waals surface area contributed by atoms with Crippen molar-refractivity contribution >= 4 is 24.5 Å². The summed E-state index contributed by atoms with van der Waals surface area (Å²) < 4.78 is 14.1. The van der Waals surface area contributed by atoms with Gasteiger partial charge in [-0.25, -0.2) is 13.5 Å². The van der Waals surface area contributed by atoms with Crippen molar-refractivity contribution in [1.82, 2.24) is 5.32 Å². The molecule has 110 valence electrons. The van der Waals surface area contributed by atoms with Crippen molar-refractivity contribution < 1.29 is 14.3 Å². The maximum atomic E-state index is 13.2. The maximum Gasteiger partial charge on any atom is 0.332 e. The van der Waals surface area contributed by atoms with Gasteiger partial charge in [-0.15, -0.1) is 0 Å². The summed E-state index contributed by atoms with van der Waals surface area (Å²) in [4.78, 5) is 11.9. The molecule has 6 heteroatoms. The van der Waals surface area contributed by atoms with Crippen LogP contribution in [0.5, 0.6) is 5.75 Å². The van der Waals surface area contributed by atoms with Gasteiger partial charge in [0.05, 0.1) is 0 Å². The topological polar surface area (TPSA) is 52.6 Å². The molecular weight excluding hydrogens is 291 g/mol. The fourth-order valence-electron chi connectivity index (χ4n) is 1.82. The lowest BCUT2D eigenvalue weighted by Gasteiger charge is -2.17. The number of urea groups is 1. The molecule has 0 unspecified atom stereocenters. The van der Waals surface area contributed by atoms with Gasteiger partial charge in [-0.3, -0.25) is 0 Å². The third-order valence-corrected chi connectivity index (χ3v) is 3.32. The van der Waals surface area contributed by atoms with Crippen molar-refractivity contribution in [2.75, 3.05) is 10.8 Å². The number of hydrogen-bond donors (Lipinski definition) is 3. The van der Waals surface area contributed by atoms with E-state index in [9.17, 15) is 14.3 Å². The number of nitrogens with zero attached hydrogens (tertiary/aromatic N) is 1. The molecule has 2 aromatic rings. The van der Waals surface area contributed by atoms with Gasteiger partial charge in [0.25, 0.3) is 0 Å². The Hall–Kier alpha value is -2.21. The Bertz CT molecular complexity index is 622. The third-order valence-electron chi connectivity index (χ3n) is 2.92. The standard InChI is InChI=1S/C15H15FN2O2S/c16-12-7-4-8-13(14(12)19)18(21)15(20)17-10-9-11-5-2-1-3-6-11/h1-8,19,21H,9-10H2,(H,17,20). The Morgan fingerprint density at radius 3 is 2.62 bits per heavy atom. The SMILES string of the molecule is O=C(NCCc1ccccc1)N(S)c1cccc(F)c1O. The van der Waals surface area contributed by atoms with Gasteiger partial charge in [0.1, 0.15) is 5.69 Å². The first-order valence-corrected chi connectivity index (χ1v) is 6.78. The molecule has 0 saturated heterocycles. The number of hydrogen-bond acceptors (Lipinski definition) is 3. The number of halogens is 1. The molecule has 0 heterocycles. The highest BCUT2D eigenvalue weighted by Crippen LogP contribution is 2.30. The van der Waals surface area contributed by atoms with E-state index in [2.05, 4.69) is 18.1 Å². The highest BCUT2D eigenvalue weighted by Gasteiger charge is 2.17. The van der Waals surface area contributed by atoms with Gasteiger partial charge < -0.3 is 10.4 Å². The normalized spacial score (nSPS) is 10.2. The van der Waals surface area contributed by atoms with Gasteiger partial charge in [0.15, 0.2) is 11.6 Å². The molecule has 0 radical (unpaired) electrons. The molecule has 21 heavy (non-hydrogen) atoms. The van der Waals surface area contributed by atoms with E-state index in [0.29, 0.717) is 13.0 Å². The lowest BCUT2D eigenvalue weighted by Crippen LogP contribution is -2.35. The van der Waals surface area contributed by atoms with Crippen molar-refractivity contribution in [2.45, 2.75) is 6.42 Å². The number of para-hydroxylation sites is 1. The lowest BCUT2D eigenvalue weighted by atomic mass is 10.1. The largest absolute Gasteiger partial charge is 0.503 e. The monoisotopic (exact) mass is 306 g/mol. The van der Waals surface area contributed by atoms with Crippen molar-refractivity contribution in [2.24, 2.45) is 0 Å². The quantitative estimate of drug-likeness (QED) is 0.760. The molecule has 0 aliphatic carbocycles. The first kappa shape index (κ1) is 15.2. The molecule has 2 aromatic carbocycles. The maximum absolute atomic E-state index is 13.2. The first-order valence-electron chi connectivity index (χ1n) is 6.38. The molecule has 0 spiro atoms. The second-order valence-corrected chi connectivity index (χ2v) is 4.79. The minimum Gasteiger partial charge on any atom is -0.503 e. The van der Waals surface area contributed by atoms with Crippen molar-refractivity contribution in [3.05, 3.63) is 59.9 Å². The number of amides is 2. The molecule has 2 amide bonds. The highest BCUT2D eigenvalue weighted by molar-refractivity contribution is 7.82. The average molecular weight is 306 g/mol. The first-order chi connectivity index (χ1) is 10.1. The molecule has 0 fully saturated rings. The van der Waals surface area contributed by atoms with Crippen LogP contribution in [0.1, 0.15) is 5.56 Å². The van der Waals surface area contributed by atoms with Crippen LogP contribution in [0.25, 0.3) is 0 Å². The van der Waals surface area contributed by atoms with Crippen molar-refractivity contribution in [3.8, 4) is 5.75 Å². The van der Waals surface area contributed by atoms with E-state index in [1.807, 2.05) is 30.3 Å². The fourth-order valence-corrected chi connectivity index (χ4v) is 2.05. The Kier molecular flexibility index (Phi) is 5.05. The second kappa shape index (κ2) is 6.99. The van der Waals surface area contributed by atoms with Crippen LogP contribution < -0.4 is 9.62 Å². The van der Waals surface area contributed by atoms with Crippen LogP contribution in [0.2, 0.25) is 0 Å². The van der Waals surface area contributed by atoms with Gasteiger partial charge in [-0.1, -0.05) is 49.2 Å². The predicted molar refractivity (Wildman–Crippen MR) is 83.1 cm³/mol. The number of nitrogens with one attached hydrogen (secondary N) is 1. The lowest BCUT2D eigenvalue weighted by molar-refractivity contribution is 0.250. The number of anilines is 1. The van der Waals surface area contributed by atoms with Crippen LogP contribution in [-0.4, -0.2) is 17.7 Å². The van der Waals surface area contributed by atoms with Gasteiger partial charge in [0.2, 0.25) is 0 Å². The number of thiol groups is 1. The number of phenols is 1. The second-order valence-electron chi connectivity index (χ2n) is 4.39. The molecule has 4 nitrogen and oxygen atoms in total. The summed E-state index contributed by atoms with van der Waals surface area (Å²) in [5.74, 6) is -1.41. The predicted octanol–water partition coefficient (Wildman–Crippen LogP) is 3.13. The van der Waals surface area contributed by atoms with Crippen LogP contribution in [0.3, 0.4) is 0 Å². The smallest absolute Gasteiger partial charge is 0.332 e. The van der Waals surface area contributed by atoms with Crippen LogP contribution >= 0.6 is 12.8 Å². The Morgan fingerprint density at radius 1 is 1.19 bits per heavy atom. The van der Waals surface area contributed by atoms with Gasteiger partial charge in [0, 0.05) is 6.54 Å². The Balaban J connectivity index is 1.92. The summed E-state index contributed by atoms with van der Waals surface area (Å²) >= 11 is 3.99. The molecular formula is C15H15FN2O2S. The van der Waals surface area contributed by atoms with Crippen LogP contribution in [0, 0.1) is 5.82 Å². The number of carbonyl (C=O) groups excluding carboxylic acids is 1. The van der Waals surface area contributed by atoms with Crippen LogP contribution in [-0.2, 0) is 6.42 Å². The number of benzene rings is 2. The number of phenolic OH excluding ortho intramolecular Hbond substituents is 1. The van der Waals surface area contributed by atoms with Crippen molar-refractivity contribution in [1.29, 1.82) is 0 Å². The molecule has 0 saturated carbocycles. The van der Waals surface area contributed by atoms with E-state index < -0.39 is 17.6 Å². The van der Waals surface area contributed by atoms with E-state index in [1.165, 1.54) is 12.1 Å². The third kappa shape index (κ3) is 3.88. The van der Waals surface area contributed by atoms with E-state index in [1.54, 1.807) is 0 Å². The summed E-state index contributed by atoms with van der Waals surface area (Å²) in [5, 5.41) is 12.2. The number of carbonyl (C=O) groups is 1. The molecule has 0 aromatic heterocycles. The van der Waals surface area contributed by atoms with E-state index in [4.69, 9.17) is 0 Å². The Morgan fingerprint density at radius 2 is 1.90 bits per heavy atom. The van der Waals surface area contributed by atoms with E-state index in [0.717, 1.165) is 15.9 Å². The van der Waals surface area contributed by atoms with Gasteiger partial charge in [-0.2, -0.15) is 0 Å². The minimum absolute atomic E-state index is 0.00413. The fraction of sp³-hybridized carbons (Fsp3) is 0.133. The van der Waals surface area contributed by atoms with Crippen LogP contribution in [0.4, 0.5) is 14.9 Å². The number of rotatable bonds is 4. The van der Waals surface area contributed by atoms with Crippen molar-refractivity contribution in [3.63, 3.8) is 0 Å². The van der Waals surface area contributed by atoms with E-state index >= 15 is 0 Å². The Labute approximate surface area is 127 Å². The van der Waals surface area contributed by atoms with E-state index in [-0.39, 0.29) is 5.69 Å². The summed E-state index contributed by atoms with van der Waals surface area (Å²) in [6.07, 6.45) is 0.670. The zero-order chi connectivity index (χ0) is 15.2. The number of aromatic hydroxyl groups is 1.